The average molecular weight is 324 g/mol. The number of alkyl halides is 3. The number of halogens is 3. The number of nitrogens with one attached hydrogen (secondary N) is 1. The lowest BCUT2D eigenvalue weighted by Crippen LogP contribution is -2.39. The first-order valence-electron chi connectivity index (χ1n) is 7.27. The van der Waals surface area contributed by atoms with E-state index in [1.54, 1.807) is 12.4 Å². The number of imidazole rings is 1. The Labute approximate surface area is 130 Å². The van der Waals surface area contributed by atoms with Gasteiger partial charge in [0, 0.05) is 37.6 Å². The molecule has 8 heteroatoms. The van der Waals surface area contributed by atoms with Crippen LogP contribution in [0.15, 0.2) is 30.7 Å². The largest absolute Gasteiger partial charge is 0.434 e. The quantitative estimate of drug-likeness (QED) is 0.924. The highest BCUT2D eigenvalue weighted by Gasteiger charge is 2.38. The van der Waals surface area contributed by atoms with Gasteiger partial charge in [-0.2, -0.15) is 13.2 Å². The Kier molecular flexibility index (Phi) is 4.06. The van der Waals surface area contributed by atoms with Gasteiger partial charge in [0.15, 0.2) is 5.69 Å². The number of carbonyl (C=O) groups excluding carboxylic acids is 1. The van der Waals surface area contributed by atoms with Gasteiger partial charge >= 0.3 is 6.18 Å². The van der Waals surface area contributed by atoms with Crippen molar-refractivity contribution in [2.45, 2.75) is 24.9 Å². The van der Waals surface area contributed by atoms with Gasteiger partial charge in [-0.15, -0.1) is 0 Å². The van der Waals surface area contributed by atoms with Gasteiger partial charge in [0.2, 0.25) is 0 Å². The lowest BCUT2D eigenvalue weighted by Gasteiger charge is -2.31. The van der Waals surface area contributed by atoms with Crippen molar-refractivity contribution >= 4 is 5.91 Å². The molecular weight excluding hydrogens is 309 g/mol. The Hall–Kier alpha value is -2.38. The number of H-pyrrole nitrogens is 1. The molecule has 1 N–H and O–H groups in total. The normalized spacial score (nSPS) is 16.6. The molecular formula is C15H15F3N4O. The summed E-state index contributed by atoms with van der Waals surface area (Å²) in [5.41, 5.74) is -1.52. The van der Waals surface area contributed by atoms with Crippen LogP contribution in [0, 0.1) is 0 Å². The second kappa shape index (κ2) is 6.02. The molecule has 1 saturated heterocycles. The molecule has 1 aliphatic rings. The monoisotopic (exact) mass is 324 g/mol. The fourth-order valence-electron chi connectivity index (χ4n) is 2.83. The predicted molar refractivity (Wildman–Crippen MR) is 75.7 cm³/mol. The van der Waals surface area contributed by atoms with Gasteiger partial charge < -0.3 is 9.88 Å². The number of carbonyl (C=O) groups is 1. The molecule has 1 amide bonds. The van der Waals surface area contributed by atoms with Crippen molar-refractivity contribution in [1.82, 2.24) is 19.9 Å². The van der Waals surface area contributed by atoms with Crippen LogP contribution < -0.4 is 0 Å². The van der Waals surface area contributed by atoms with E-state index in [-0.39, 0.29) is 5.92 Å². The van der Waals surface area contributed by atoms with E-state index in [2.05, 4.69) is 15.0 Å². The molecule has 23 heavy (non-hydrogen) atoms. The summed E-state index contributed by atoms with van der Waals surface area (Å²) >= 11 is 0. The molecule has 1 aliphatic heterocycles. The summed E-state index contributed by atoms with van der Waals surface area (Å²) in [6.45, 7) is 0.798. The fourth-order valence-corrected chi connectivity index (χ4v) is 2.83. The van der Waals surface area contributed by atoms with Crippen LogP contribution in [-0.4, -0.2) is 38.8 Å². The first kappa shape index (κ1) is 15.5. The third kappa shape index (κ3) is 3.20. The Morgan fingerprint density at radius 2 is 1.96 bits per heavy atom. The average Bonchev–Trinajstić information content (AvgIpc) is 3.08. The third-order valence-corrected chi connectivity index (χ3v) is 3.99. The Bertz CT molecular complexity index is 676. The van der Waals surface area contributed by atoms with E-state index in [0.29, 0.717) is 25.9 Å². The first-order valence-corrected chi connectivity index (χ1v) is 7.27. The molecule has 3 heterocycles. The number of hydrogen-bond acceptors (Lipinski definition) is 3. The minimum atomic E-state index is -4.64. The van der Waals surface area contributed by atoms with Crippen LogP contribution in [-0.2, 0) is 6.18 Å². The highest BCUT2D eigenvalue weighted by atomic mass is 19.4. The maximum atomic E-state index is 13.0. The fraction of sp³-hybridized carbons (Fsp3) is 0.400. The molecule has 0 unspecified atom stereocenters. The lowest BCUT2D eigenvalue weighted by atomic mass is 9.95. The summed E-state index contributed by atoms with van der Waals surface area (Å²) in [6, 6.07) is 2.52. The highest BCUT2D eigenvalue weighted by molar-refractivity contribution is 5.95. The molecule has 0 aromatic carbocycles. The zero-order chi connectivity index (χ0) is 16.4. The third-order valence-electron chi connectivity index (χ3n) is 3.99. The lowest BCUT2D eigenvalue weighted by molar-refractivity contribution is -0.141. The number of rotatable bonds is 2. The summed E-state index contributed by atoms with van der Waals surface area (Å²) < 4.78 is 38.9. The van der Waals surface area contributed by atoms with E-state index >= 15 is 0 Å². The molecule has 2 aromatic rings. The van der Waals surface area contributed by atoms with Crippen LogP contribution >= 0.6 is 0 Å². The SMILES string of the molecule is O=C(c1cccnc1C(F)(F)F)N1CCC(c2ncc[nH]2)CC1. The Morgan fingerprint density at radius 3 is 2.57 bits per heavy atom. The summed E-state index contributed by atoms with van der Waals surface area (Å²) in [6.07, 6.45) is 1.14. The minimum Gasteiger partial charge on any atom is -0.348 e. The highest BCUT2D eigenvalue weighted by Crippen LogP contribution is 2.32. The van der Waals surface area contributed by atoms with Gasteiger partial charge in [-0.05, 0) is 25.0 Å². The van der Waals surface area contributed by atoms with Gasteiger partial charge in [0.25, 0.3) is 5.91 Å². The van der Waals surface area contributed by atoms with E-state index in [9.17, 15) is 18.0 Å². The number of hydrogen-bond donors (Lipinski definition) is 1. The number of pyridine rings is 1. The van der Waals surface area contributed by atoms with E-state index in [4.69, 9.17) is 0 Å². The number of nitrogens with zero attached hydrogens (tertiary/aromatic N) is 3. The van der Waals surface area contributed by atoms with Crippen LogP contribution in [0.2, 0.25) is 0 Å². The number of likely N-dealkylation sites (tertiary alicyclic amines) is 1. The molecule has 0 bridgehead atoms. The van der Waals surface area contributed by atoms with E-state index in [1.807, 2.05) is 0 Å². The summed E-state index contributed by atoms with van der Waals surface area (Å²) in [7, 11) is 0. The zero-order valence-corrected chi connectivity index (χ0v) is 12.2. The van der Waals surface area contributed by atoms with Crippen LogP contribution in [0.4, 0.5) is 13.2 Å². The molecule has 5 nitrogen and oxygen atoms in total. The molecule has 2 aromatic heterocycles. The molecule has 3 rings (SSSR count). The van der Waals surface area contributed by atoms with Crippen LogP contribution in [0.25, 0.3) is 0 Å². The summed E-state index contributed by atoms with van der Waals surface area (Å²) in [5, 5.41) is 0. The van der Waals surface area contributed by atoms with Crippen LogP contribution in [0.1, 0.15) is 40.6 Å². The number of amides is 1. The molecule has 0 spiro atoms. The van der Waals surface area contributed by atoms with Crippen molar-refractivity contribution in [1.29, 1.82) is 0 Å². The van der Waals surface area contributed by atoms with Crippen LogP contribution in [0.3, 0.4) is 0 Å². The van der Waals surface area contributed by atoms with Gasteiger partial charge in [0.1, 0.15) is 5.82 Å². The van der Waals surface area contributed by atoms with Crippen molar-refractivity contribution in [2.75, 3.05) is 13.1 Å². The number of aromatic amines is 1. The summed E-state index contributed by atoms with van der Waals surface area (Å²) in [5.74, 6) is 0.433. The van der Waals surface area contributed by atoms with Gasteiger partial charge in [-0.1, -0.05) is 0 Å². The Balaban J connectivity index is 1.73. The van der Waals surface area contributed by atoms with Gasteiger partial charge in [0.05, 0.1) is 5.56 Å². The van der Waals surface area contributed by atoms with Crippen molar-refractivity contribution in [3.63, 3.8) is 0 Å². The molecule has 0 aliphatic carbocycles. The maximum Gasteiger partial charge on any atom is 0.434 e. The molecule has 0 radical (unpaired) electrons. The first-order chi connectivity index (χ1) is 11.0. The molecule has 1 fully saturated rings. The van der Waals surface area contributed by atoms with Crippen molar-refractivity contribution in [3.8, 4) is 0 Å². The van der Waals surface area contributed by atoms with Crippen molar-refractivity contribution < 1.29 is 18.0 Å². The van der Waals surface area contributed by atoms with Gasteiger partial charge in [-0.25, -0.2) is 4.98 Å². The standard InChI is InChI=1S/C15H15F3N4O/c16-15(17,18)12-11(2-1-5-19-12)14(23)22-8-3-10(4-9-22)13-20-6-7-21-13/h1-2,5-7,10H,3-4,8-9H2,(H,20,21). The smallest absolute Gasteiger partial charge is 0.348 e. The van der Waals surface area contributed by atoms with Crippen molar-refractivity contribution in [2.24, 2.45) is 0 Å². The second-order valence-corrected chi connectivity index (χ2v) is 5.44. The topological polar surface area (TPSA) is 61.9 Å². The predicted octanol–water partition coefficient (Wildman–Crippen LogP) is 2.84. The van der Waals surface area contributed by atoms with Crippen LogP contribution in [0.5, 0.6) is 0 Å². The zero-order valence-electron chi connectivity index (χ0n) is 12.2. The van der Waals surface area contributed by atoms with E-state index in [0.717, 1.165) is 12.0 Å². The molecule has 0 atom stereocenters. The van der Waals surface area contributed by atoms with Crippen molar-refractivity contribution in [3.05, 3.63) is 47.8 Å². The maximum absolute atomic E-state index is 13.0. The summed E-state index contributed by atoms with van der Waals surface area (Å²) in [4.78, 5) is 24.4. The van der Waals surface area contributed by atoms with Gasteiger partial charge in [-0.3, -0.25) is 9.78 Å². The van der Waals surface area contributed by atoms with E-state index in [1.165, 1.54) is 17.0 Å². The van der Waals surface area contributed by atoms with E-state index < -0.39 is 23.3 Å². The molecule has 0 saturated carbocycles. The number of aromatic nitrogens is 3. The second-order valence-electron chi connectivity index (χ2n) is 5.44. The molecule has 122 valence electrons. The number of piperidine rings is 1. The Morgan fingerprint density at radius 1 is 1.22 bits per heavy atom. The minimum absolute atomic E-state index is 0.199.